The molecular formula is C11H14N4O. The highest BCUT2D eigenvalue weighted by Gasteiger charge is 1.93. The standard InChI is InChI=1S/C11H14N4O/c1-2-5-11(6-3-1)13-16-10-4-8-15-9-7-12-14-15/h1-3,5-7,9,13H,4,8,10H2. The first-order valence-corrected chi connectivity index (χ1v) is 5.22. The first-order valence-electron chi connectivity index (χ1n) is 5.22. The first kappa shape index (κ1) is 10.6. The lowest BCUT2D eigenvalue weighted by Gasteiger charge is -2.06. The number of benzene rings is 1. The minimum Gasteiger partial charge on any atom is -0.276 e. The van der Waals surface area contributed by atoms with Crippen LogP contribution in [0.4, 0.5) is 5.69 Å². The van der Waals surface area contributed by atoms with E-state index in [1.807, 2.05) is 36.5 Å². The Hall–Kier alpha value is -1.88. The summed E-state index contributed by atoms with van der Waals surface area (Å²) in [6.45, 7) is 1.45. The van der Waals surface area contributed by atoms with Gasteiger partial charge in [0.2, 0.25) is 0 Å². The Morgan fingerprint density at radius 2 is 2.12 bits per heavy atom. The van der Waals surface area contributed by atoms with Crippen molar-refractivity contribution in [1.29, 1.82) is 0 Å². The van der Waals surface area contributed by atoms with E-state index in [9.17, 15) is 0 Å². The molecule has 1 heterocycles. The average Bonchev–Trinajstić information content (AvgIpc) is 2.83. The Labute approximate surface area is 94.0 Å². The van der Waals surface area contributed by atoms with E-state index in [1.165, 1.54) is 0 Å². The second-order valence-electron chi connectivity index (χ2n) is 3.34. The van der Waals surface area contributed by atoms with E-state index < -0.39 is 0 Å². The molecule has 2 aromatic rings. The van der Waals surface area contributed by atoms with Crippen LogP contribution in [0.15, 0.2) is 42.7 Å². The molecule has 16 heavy (non-hydrogen) atoms. The van der Waals surface area contributed by atoms with Crippen LogP contribution in [0.3, 0.4) is 0 Å². The lowest BCUT2D eigenvalue weighted by Crippen LogP contribution is -2.07. The summed E-state index contributed by atoms with van der Waals surface area (Å²) in [6.07, 6.45) is 4.40. The summed E-state index contributed by atoms with van der Waals surface area (Å²) in [5, 5.41) is 7.59. The molecule has 0 bridgehead atoms. The summed E-state index contributed by atoms with van der Waals surface area (Å²) in [5.41, 5.74) is 3.84. The van der Waals surface area contributed by atoms with Crippen molar-refractivity contribution in [2.45, 2.75) is 13.0 Å². The van der Waals surface area contributed by atoms with E-state index in [0.29, 0.717) is 6.61 Å². The molecular weight excluding hydrogens is 204 g/mol. The van der Waals surface area contributed by atoms with Gasteiger partial charge in [-0.25, -0.2) is 0 Å². The Morgan fingerprint density at radius 1 is 1.25 bits per heavy atom. The highest BCUT2D eigenvalue weighted by Crippen LogP contribution is 2.04. The van der Waals surface area contributed by atoms with Crippen molar-refractivity contribution in [3.63, 3.8) is 0 Å². The molecule has 1 aromatic carbocycles. The van der Waals surface area contributed by atoms with E-state index in [1.54, 1.807) is 10.9 Å². The summed E-state index contributed by atoms with van der Waals surface area (Å²) >= 11 is 0. The smallest absolute Gasteiger partial charge is 0.0763 e. The predicted octanol–water partition coefficient (Wildman–Crippen LogP) is 1.71. The minimum absolute atomic E-state index is 0.634. The lowest BCUT2D eigenvalue weighted by atomic mass is 10.3. The van der Waals surface area contributed by atoms with Crippen molar-refractivity contribution in [2.75, 3.05) is 12.1 Å². The Balaban J connectivity index is 1.59. The van der Waals surface area contributed by atoms with Gasteiger partial charge in [0.1, 0.15) is 0 Å². The topological polar surface area (TPSA) is 52.0 Å². The van der Waals surface area contributed by atoms with Gasteiger partial charge in [0.05, 0.1) is 18.5 Å². The maximum Gasteiger partial charge on any atom is 0.0763 e. The maximum absolute atomic E-state index is 5.31. The molecule has 84 valence electrons. The van der Waals surface area contributed by atoms with Crippen LogP contribution in [-0.4, -0.2) is 21.6 Å². The molecule has 0 spiro atoms. The van der Waals surface area contributed by atoms with Gasteiger partial charge < -0.3 is 0 Å². The normalized spacial score (nSPS) is 10.2. The summed E-state index contributed by atoms with van der Waals surface area (Å²) < 4.78 is 1.78. The van der Waals surface area contributed by atoms with Crippen LogP contribution in [0.2, 0.25) is 0 Å². The monoisotopic (exact) mass is 218 g/mol. The van der Waals surface area contributed by atoms with Crippen LogP contribution in [0.1, 0.15) is 6.42 Å². The fourth-order valence-corrected chi connectivity index (χ4v) is 1.29. The Kier molecular flexibility index (Phi) is 3.90. The average molecular weight is 218 g/mol. The maximum atomic E-state index is 5.31. The van der Waals surface area contributed by atoms with Crippen molar-refractivity contribution >= 4 is 5.69 Å². The van der Waals surface area contributed by atoms with Crippen molar-refractivity contribution in [1.82, 2.24) is 15.0 Å². The molecule has 1 N–H and O–H groups in total. The number of aromatic nitrogens is 3. The highest BCUT2D eigenvalue weighted by molar-refractivity contribution is 5.39. The molecule has 0 radical (unpaired) electrons. The van der Waals surface area contributed by atoms with Crippen LogP contribution in [0.5, 0.6) is 0 Å². The zero-order valence-corrected chi connectivity index (χ0v) is 8.91. The molecule has 0 amide bonds. The van der Waals surface area contributed by atoms with Gasteiger partial charge in [-0.15, -0.1) is 5.10 Å². The predicted molar refractivity (Wildman–Crippen MR) is 60.7 cm³/mol. The molecule has 0 saturated heterocycles. The quantitative estimate of drug-likeness (QED) is 0.592. The number of anilines is 1. The summed E-state index contributed by atoms with van der Waals surface area (Å²) in [6, 6.07) is 9.80. The fraction of sp³-hybridized carbons (Fsp3) is 0.273. The van der Waals surface area contributed by atoms with Gasteiger partial charge in [-0.3, -0.25) is 15.0 Å². The van der Waals surface area contributed by atoms with Crippen LogP contribution < -0.4 is 5.48 Å². The molecule has 0 aliphatic carbocycles. The zero-order valence-electron chi connectivity index (χ0n) is 8.91. The molecule has 1 aromatic heterocycles. The van der Waals surface area contributed by atoms with Crippen LogP contribution in [0.25, 0.3) is 0 Å². The number of aryl methyl sites for hydroxylation is 1. The van der Waals surface area contributed by atoms with Crippen molar-refractivity contribution in [3.05, 3.63) is 42.7 Å². The number of rotatable bonds is 6. The Morgan fingerprint density at radius 3 is 2.88 bits per heavy atom. The molecule has 0 aliphatic rings. The van der Waals surface area contributed by atoms with E-state index >= 15 is 0 Å². The van der Waals surface area contributed by atoms with Crippen LogP contribution in [0, 0.1) is 0 Å². The number of hydrogen-bond acceptors (Lipinski definition) is 4. The molecule has 0 aliphatic heterocycles. The minimum atomic E-state index is 0.634. The number of nitrogens with zero attached hydrogens (tertiary/aromatic N) is 3. The van der Waals surface area contributed by atoms with Gasteiger partial charge in [-0.1, -0.05) is 23.4 Å². The third-order valence-electron chi connectivity index (χ3n) is 2.07. The summed E-state index contributed by atoms with van der Waals surface area (Å²) in [5.74, 6) is 0. The third kappa shape index (κ3) is 3.36. The lowest BCUT2D eigenvalue weighted by molar-refractivity contribution is 0.184. The van der Waals surface area contributed by atoms with E-state index in [-0.39, 0.29) is 0 Å². The summed E-state index contributed by atoms with van der Waals surface area (Å²) in [4.78, 5) is 5.31. The van der Waals surface area contributed by atoms with Gasteiger partial charge in [0, 0.05) is 12.7 Å². The summed E-state index contributed by atoms with van der Waals surface area (Å²) in [7, 11) is 0. The molecule has 0 unspecified atom stereocenters. The zero-order chi connectivity index (χ0) is 11.1. The van der Waals surface area contributed by atoms with E-state index in [0.717, 1.165) is 18.7 Å². The Bertz CT molecular complexity index is 388. The van der Waals surface area contributed by atoms with Gasteiger partial charge in [0.25, 0.3) is 0 Å². The third-order valence-corrected chi connectivity index (χ3v) is 2.07. The number of para-hydroxylation sites is 1. The highest BCUT2D eigenvalue weighted by atomic mass is 16.6. The second-order valence-corrected chi connectivity index (χ2v) is 3.34. The van der Waals surface area contributed by atoms with E-state index in [2.05, 4.69) is 15.8 Å². The molecule has 0 saturated carbocycles. The van der Waals surface area contributed by atoms with E-state index in [4.69, 9.17) is 4.84 Å². The van der Waals surface area contributed by atoms with Gasteiger partial charge >= 0.3 is 0 Å². The molecule has 0 atom stereocenters. The van der Waals surface area contributed by atoms with Gasteiger partial charge in [0.15, 0.2) is 0 Å². The molecule has 5 heteroatoms. The van der Waals surface area contributed by atoms with Crippen LogP contribution >= 0.6 is 0 Å². The van der Waals surface area contributed by atoms with Gasteiger partial charge in [-0.2, -0.15) is 0 Å². The number of nitrogens with one attached hydrogen (secondary N) is 1. The number of hydrogen-bond donors (Lipinski definition) is 1. The first-order chi connectivity index (χ1) is 7.95. The van der Waals surface area contributed by atoms with Crippen molar-refractivity contribution in [2.24, 2.45) is 0 Å². The van der Waals surface area contributed by atoms with Crippen molar-refractivity contribution in [3.8, 4) is 0 Å². The van der Waals surface area contributed by atoms with Gasteiger partial charge in [-0.05, 0) is 18.6 Å². The van der Waals surface area contributed by atoms with Crippen molar-refractivity contribution < 1.29 is 4.84 Å². The van der Waals surface area contributed by atoms with Crippen LogP contribution in [-0.2, 0) is 11.4 Å². The molecule has 5 nitrogen and oxygen atoms in total. The second kappa shape index (κ2) is 5.87. The largest absolute Gasteiger partial charge is 0.276 e. The SMILES string of the molecule is c1ccc(NOCCCn2ccnn2)cc1. The molecule has 0 fully saturated rings. The fourth-order valence-electron chi connectivity index (χ4n) is 1.29. The molecule has 2 rings (SSSR count).